The van der Waals surface area contributed by atoms with Gasteiger partial charge in [0.2, 0.25) is 5.88 Å². The molecular weight excluding hydrogens is 326 g/mol. The first kappa shape index (κ1) is 17.5. The Morgan fingerprint density at radius 2 is 1.77 bits per heavy atom. The van der Waals surface area contributed by atoms with Crippen LogP contribution in [0.5, 0.6) is 11.6 Å². The molecule has 0 fully saturated rings. The molecule has 1 aromatic heterocycles. The van der Waals surface area contributed by atoms with E-state index in [2.05, 4.69) is 15.6 Å². The van der Waals surface area contributed by atoms with E-state index in [1.165, 1.54) is 6.20 Å². The zero-order valence-electron chi connectivity index (χ0n) is 14.6. The molecule has 1 heterocycles. The van der Waals surface area contributed by atoms with Crippen molar-refractivity contribution < 1.29 is 9.53 Å². The number of benzene rings is 2. The number of carbonyl (C=O) groups is 1. The maximum Gasteiger partial charge on any atom is 0.252 e. The molecule has 0 aliphatic heterocycles. The molecule has 2 aromatic carbocycles. The largest absolute Gasteiger partial charge is 0.439 e. The molecule has 3 aromatic rings. The highest BCUT2D eigenvalue weighted by molar-refractivity contribution is 5.93. The summed E-state index contributed by atoms with van der Waals surface area (Å²) in [6, 6.07) is 21.3. The standard InChI is InChI=1S/C21H21N3O2/c1-2-22-21(25)17-10-13-20(24-15-17)26-19-11-8-16(9-12-19)14-23-18-6-4-3-5-7-18/h3-13,15,23H,2,14H2,1H3,(H,22,25). The fourth-order valence-electron chi connectivity index (χ4n) is 2.39. The van der Waals surface area contributed by atoms with Crippen LogP contribution >= 0.6 is 0 Å². The molecular formula is C21H21N3O2. The first-order chi connectivity index (χ1) is 12.7. The summed E-state index contributed by atoms with van der Waals surface area (Å²) in [7, 11) is 0. The van der Waals surface area contributed by atoms with Gasteiger partial charge < -0.3 is 15.4 Å². The first-order valence-corrected chi connectivity index (χ1v) is 8.54. The van der Waals surface area contributed by atoms with E-state index in [-0.39, 0.29) is 5.91 Å². The van der Waals surface area contributed by atoms with E-state index in [1.54, 1.807) is 12.1 Å². The van der Waals surface area contributed by atoms with Crippen molar-refractivity contribution in [1.29, 1.82) is 0 Å². The highest BCUT2D eigenvalue weighted by atomic mass is 16.5. The molecule has 1 amide bonds. The molecule has 5 heteroatoms. The van der Waals surface area contributed by atoms with E-state index in [9.17, 15) is 4.79 Å². The van der Waals surface area contributed by atoms with Crippen LogP contribution in [-0.4, -0.2) is 17.4 Å². The summed E-state index contributed by atoms with van der Waals surface area (Å²) in [4.78, 5) is 15.9. The van der Waals surface area contributed by atoms with E-state index in [0.29, 0.717) is 23.7 Å². The second-order valence-electron chi connectivity index (χ2n) is 5.71. The molecule has 26 heavy (non-hydrogen) atoms. The third-order valence-electron chi connectivity index (χ3n) is 3.75. The van der Waals surface area contributed by atoms with Crippen LogP contribution in [0, 0.1) is 0 Å². The number of nitrogens with zero attached hydrogens (tertiary/aromatic N) is 1. The Labute approximate surface area is 153 Å². The minimum atomic E-state index is -0.137. The summed E-state index contributed by atoms with van der Waals surface area (Å²) >= 11 is 0. The van der Waals surface area contributed by atoms with Crippen LogP contribution in [0.25, 0.3) is 0 Å². The van der Waals surface area contributed by atoms with Gasteiger partial charge in [-0.3, -0.25) is 4.79 Å². The molecule has 2 N–H and O–H groups in total. The SMILES string of the molecule is CCNC(=O)c1ccc(Oc2ccc(CNc3ccccc3)cc2)nc1. The quantitative estimate of drug-likeness (QED) is 0.671. The summed E-state index contributed by atoms with van der Waals surface area (Å²) in [5.74, 6) is 1.02. The Morgan fingerprint density at radius 3 is 2.42 bits per heavy atom. The van der Waals surface area contributed by atoms with E-state index in [0.717, 1.165) is 17.8 Å². The molecule has 0 saturated heterocycles. The van der Waals surface area contributed by atoms with Crippen LogP contribution in [0.15, 0.2) is 72.9 Å². The number of nitrogens with one attached hydrogen (secondary N) is 2. The lowest BCUT2D eigenvalue weighted by Gasteiger charge is -2.08. The van der Waals surface area contributed by atoms with Crippen LogP contribution in [0.1, 0.15) is 22.8 Å². The third-order valence-corrected chi connectivity index (χ3v) is 3.75. The molecule has 0 aliphatic rings. The Morgan fingerprint density at radius 1 is 1.00 bits per heavy atom. The Hall–Kier alpha value is -3.34. The summed E-state index contributed by atoms with van der Waals surface area (Å²) < 4.78 is 5.73. The average Bonchev–Trinajstić information content (AvgIpc) is 2.69. The molecule has 0 aliphatic carbocycles. The van der Waals surface area contributed by atoms with Crippen molar-refractivity contribution in [2.45, 2.75) is 13.5 Å². The van der Waals surface area contributed by atoms with Gasteiger partial charge in [0.05, 0.1) is 5.56 Å². The molecule has 0 saturated carbocycles. The van der Waals surface area contributed by atoms with Crippen LogP contribution in [-0.2, 0) is 6.54 Å². The molecule has 0 unspecified atom stereocenters. The number of rotatable bonds is 7. The first-order valence-electron chi connectivity index (χ1n) is 8.54. The Balaban J connectivity index is 1.56. The van der Waals surface area contributed by atoms with E-state index >= 15 is 0 Å². The lowest BCUT2D eigenvalue weighted by Crippen LogP contribution is -2.22. The van der Waals surface area contributed by atoms with Crippen molar-refractivity contribution in [1.82, 2.24) is 10.3 Å². The van der Waals surface area contributed by atoms with E-state index in [1.807, 2.05) is 61.5 Å². The third kappa shape index (κ3) is 4.83. The van der Waals surface area contributed by atoms with Gasteiger partial charge in [-0.15, -0.1) is 0 Å². The highest BCUT2D eigenvalue weighted by Crippen LogP contribution is 2.20. The number of anilines is 1. The van der Waals surface area contributed by atoms with Gasteiger partial charge in [-0.2, -0.15) is 0 Å². The molecule has 5 nitrogen and oxygen atoms in total. The Kier molecular flexibility index (Phi) is 5.83. The number of hydrogen-bond donors (Lipinski definition) is 2. The average molecular weight is 347 g/mol. The summed E-state index contributed by atoms with van der Waals surface area (Å²) in [5.41, 5.74) is 2.76. The van der Waals surface area contributed by atoms with Gasteiger partial charge in [0.1, 0.15) is 5.75 Å². The van der Waals surface area contributed by atoms with Crippen molar-refractivity contribution in [2.75, 3.05) is 11.9 Å². The van der Waals surface area contributed by atoms with Crippen LogP contribution in [0.2, 0.25) is 0 Å². The fraction of sp³-hybridized carbons (Fsp3) is 0.143. The molecule has 132 valence electrons. The van der Waals surface area contributed by atoms with Crippen molar-refractivity contribution in [2.24, 2.45) is 0 Å². The van der Waals surface area contributed by atoms with Crippen LogP contribution < -0.4 is 15.4 Å². The van der Waals surface area contributed by atoms with Crippen LogP contribution in [0.3, 0.4) is 0 Å². The highest BCUT2D eigenvalue weighted by Gasteiger charge is 2.05. The Bertz CT molecular complexity index is 831. The van der Waals surface area contributed by atoms with Crippen molar-refractivity contribution in [3.8, 4) is 11.6 Å². The smallest absolute Gasteiger partial charge is 0.252 e. The molecule has 3 rings (SSSR count). The molecule has 0 atom stereocenters. The number of pyridine rings is 1. The van der Waals surface area contributed by atoms with Crippen molar-refractivity contribution in [3.63, 3.8) is 0 Å². The van der Waals surface area contributed by atoms with Gasteiger partial charge in [0.15, 0.2) is 0 Å². The lowest BCUT2D eigenvalue weighted by molar-refractivity contribution is 0.0955. The predicted molar refractivity (Wildman–Crippen MR) is 103 cm³/mol. The van der Waals surface area contributed by atoms with Crippen molar-refractivity contribution >= 4 is 11.6 Å². The van der Waals surface area contributed by atoms with Gasteiger partial charge in [-0.1, -0.05) is 30.3 Å². The normalized spacial score (nSPS) is 10.2. The van der Waals surface area contributed by atoms with Crippen molar-refractivity contribution in [3.05, 3.63) is 84.1 Å². The second kappa shape index (κ2) is 8.67. The topological polar surface area (TPSA) is 63.2 Å². The van der Waals surface area contributed by atoms with Gasteiger partial charge in [-0.25, -0.2) is 4.98 Å². The molecule has 0 radical (unpaired) electrons. The van der Waals surface area contributed by atoms with Crippen LogP contribution in [0.4, 0.5) is 5.69 Å². The molecule has 0 bridgehead atoms. The predicted octanol–water partition coefficient (Wildman–Crippen LogP) is 4.24. The lowest BCUT2D eigenvalue weighted by atomic mass is 10.2. The maximum absolute atomic E-state index is 11.7. The minimum Gasteiger partial charge on any atom is -0.439 e. The van der Waals surface area contributed by atoms with Gasteiger partial charge >= 0.3 is 0 Å². The number of aromatic nitrogens is 1. The fourth-order valence-corrected chi connectivity index (χ4v) is 2.39. The molecule has 0 spiro atoms. The minimum absolute atomic E-state index is 0.137. The monoisotopic (exact) mass is 347 g/mol. The number of hydrogen-bond acceptors (Lipinski definition) is 4. The second-order valence-corrected chi connectivity index (χ2v) is 5.71. The summed E-state index contributed by atoms with van der Waals surface area (Å²) in [5, 5.41) is 6.10. The van der Waals surface area contributed by atoms with E-state index in [4.69, 9.17) is 4.74 Å². The summed E-state index contributed by atoms with van der Waals surface area (Å²) in [6.45, 7) is 3.20. The number of para-hydroxylation sites is 1. The van der Waals surface area contributed by atoms with E-state index < -0.39 is 0 Å². The summed E-state index contributed by atoms with van der Waals surface area (Å²) in [6.07, 6.45) is 1.51. The number of amides is 1. The maximum atomic E-state index is 11.7. The number of carbonyl (C=O) groups excluding carboxylic acids is 1. The van der Waals surface area contributed by atoms with Gasteiger partial charge in [0.25, 0.3) is 5.91 Å². The number of ether oxygens (including phenoxy) is 1. The zero-order chi connectivity index (χ0) is 18.2. The van der Waals surface area contributed by atoms with Gasteiger partial charge in [-0.05, 0) is 42.8 Å². The zero-order valence-corrected chi connectivity index (χ0v) is 14.6. The van der Waals surface area contributed by atoms with Gasteiger partial charge in [0, 0.05) is 31.0 Å².